The standard InChI is InChI=1S/C18H21NO3/c1-13-12-15(22-2)8-9-16(13)18(21)19-11-10-17(20)14-6-4-3-5-7-14/h3-9,12,17,20H,10-11H2,1-2H3,(H,19,21). The van der Waals surface area contributed by atoms with E-state index in [-0.39, 0.29) is 5.91 Å². The van der Waals surface area contributed by atoms with Crippen LogP contribution in [-0.4, -0.2) is 24.7 Å². The molecule has 0 aromatic heterocycles. The molecular weight excluding hydrogens is 278 g/mol. The number of nitrogens with one attached hydrogen (secondary N) is 1. The first-order valence-corrected chi connectivity index (χ1v) is 7.27. The Morgan fingerprint density at radius 2 is 1.95 bits per heavy atom. The van der Waals surface area contributed by atoms with E-state index in [0.717, 1.165) is 16.9 Å². The summed E-state index contributed by atoms with van der Waals surface area (Å²) < 4.78 is 5.13. The summed E-state index contributed by atoms with van der Waals surface area (Å²) in [5.74, 6) is 0.592. The molecule has 2 N–H and O–H groups in total. The number of aliphatic hydroxyl groups is 1. The van der Waals surface area contributed by atoms with Gasteiger partial charge in [0.05, 0.1) is 13.2 Å². The maximum Gasteiger partial charge on any atom is 0.251 e. The third-order valence-corrected chi connectivity index (χ3v) is 3.57. The second kappa shape index (κ2) is 7.61. The molecule has 116 valence electrons. The summed E-state index contributed by atoms with van der Waals surface area (Å²) in [6.45, 7) is 2.29. The molecule has 4 nitrogen and oxygen atoms in total. The molecule has 4 heteroatoms. The maximum absolute atomic E-state index is 12.1. The molecule has 1 unspecified atom stereocenters. The monoisotopic (exact) mass is 299 g/mol. The van der Waals surface area contributed by atoms with Gasteiger partial charge in [0.15, 0.2) is 0 Å². The van der Waals surface area contributed by atoms with Crippen LogP contribution in [-0.2, 0) is 0 Å². The lowest BCUT2D eigenvalue weighted by molar-refractivity contribution is 0.0942. The summed E-state index contributed by atoms with van der Waals surface area (Å²) in [4.78, 5) is 12.1. The van der Waals surface area contributed by atoms with Crippen molar-refractivity contribution in [2.75, 3.05) is 13.7 Å². The van der Waals surface area contributed by atoms with E-state index >= 15 is 0 Å². The van der Waals surface area contributed by atoms with Crippen LogP contribution in [0, 0.1) is 6.92 Å². The topological polar surface area (TPSA) is 58.6 Å². The number of hydrogen-bond donors (Lipinski definition) is 2. The molecule has 2 aromatic carbocycles. The number of benzene rings is 2. The van der Waals surface area contributed by atoms with Crippen molar-refractivity contribution in [2.24, 2.45) is 0 Å². The highest BCUT2D eigenvalue weighted by molar-refractivity contribution is 5.95. The third-order valence-electron chi connectivity index (χ3n) is 3.57. The van der Waals surface area contributed by atoms with E-state index in [1.54, 1.807) is 19.2 Å². The van der Waals surface area contributed by atoms with E-state index < -0.39 is 6.10 Å². The van der Waals surface area contributed by atoms with Gasteiger partial charge in [0, 0.05) is 12.1 Å². The number of hydrogen-bond acceptors (Lipinski definition) is 3. The largest absolute Gasteiger partial charge is 0.497 e. The molecule has 1 amide bonds. The molecular formula is C18H21NO3. The summed E-state index contributed by atoms with van der Waals surface area (Å²) in [6.07, 6.45) is -0.0937. The van der Waals surface area contributed by atoms with Gasteiger partial charge in [-0.05, 0) is 42.7 Å². The smallest absolute Gasteiger partial charge is 0.251 e. The van der Waals surface area contributed by atoms with Crippen LogP contribution in [0.2, 0.25) is 0 Å². The van der Waals surface area contributed by atoms with Crippen molar-refractivity contribution in [3.63, 3.8) is 0 Å². The van der Waals surface area contributed by atoms with Gasteiger partial charge in [0.1, 0.15) is 5.75 Å². The number of aryl methyl sites for hydroxylation is 1. The molecule has 22 heavy (non-hydrogen) atoms. The third kappa shape index (κ3) is 4.09. The van der Waals surface area contributed by atoms with Crippen molar-refractivity contribution in [1.82, 2.24) is 5.32 Å². The summed E-state index contributed by atoms with van der Waals surface area (Å²) in [6, 6.07) is 14.8. The zero-order chi connectivity index (χ0) is 15.9. The Balaban J connectivity index is 1.88. The van der Waals surface area contributed by atoms with E-state index in [4.69, 9.17) is 4.74 Å². The minimum atomic E-state index is -0.571. The van der Waals surface area contributed by atoms with Crippen LogP contribution >= 0.6 is 0 Å². The fourth-order valence-corrected chi connectivity index (χ4v) is 2.28. The minimum absolute atomic E-state index is 0.139. The SMILES string of the molecule is COc1ccc(C(=O)NCCC(O)c2ccccc2)c(C)c1. The number of methoxy groups -OCH3 is 1. The maximum atomic E-state index is 12.1. The molecule has 0 bridgehead atoms. The fraction of sp³-hybridized carbons (Fsp3) is 0.278. The van der Waals surface area contributed by atoms with Crippen molar-refractivity contribution in [3.8, 4) is 5.75 Å². The Kier molecular flexibility index (Phi) is 5.55. The van der Waals surface area contributed by atoms with E-state index in [2.05, 4.69) is 5.32 Å². The van der Waals surface area contributed by atoms with Gasteiger partial charge in [-0.25, -0.2) is 0 Å². The molecule has 2 rings (SSSR count). The van der Waals surface area contributed by atoms with Gasteiger partial charge in [0.25, 0.3) is 5.91 Å². The summed E-state index contributed by atoms with van der Waals surface area (Å²) >= 11 is 0. The van der Waals surface area contributed by atoms with Gasteiger partial charge in [-0.3, -0.25) is 4.79 Å². The van der Waals surface area contributed by atoms with E-state index in [9.17, 15) is 9.90 Å². The highest BCUT2D eigenvalue weighted by atomic mass is 16.5. The predicted octanol–water partition coefficient (Wildman–Crippen LogP) is 2.86. The molecule has 1 atom stereocenters. The summed E-state index contributed by atoms with van der Waals surface area (Å²) in [7, 11) is 1.60. The van der Waals surface area contributed by atoms with E-state index in [1.807, 2.05) is 43.3 Å². The van der Waals surface area contributed by atoms with E-state index in [1.165, 1.54) is 0 Å². The molecule has 0 aliphatic carbocycles. The number of carbonyl (C=O) groups excluding carboxylic acids is 1. The molecule has 0 saturated carbocycles. The Labute approximate surface area is 130 Å². The average Bonchev–Trinajstić information content (AvgIpc) is 2.55. The molecule has 0 saturated heterocycles. The Bertz CT molecular complexity index is 625. The van der Waals surface area contributed by atoms with E-state index in [0.29, 0.717) is 18.5 Å². The molecule has 0 fully saturated rings. The van der Waals surface area contributed by atoms with Crippen LogP contribution in [0.5, 0.6) is 5.75 Å². The molecule has 0 aliphatic heterocycles. The van der Waals surface area contributed by atoms with Gasteiger partial charge in [-0.2, -0.15) is 0 Å². The lowest BCUT2D eigenvalue weighted by atomic mass is 10.1. The number of ether oxygens (including phenoxy) is 1. The lowest BCUT2D eigenvalue weighted by Gasteiger charge is -2.12. The van der Waals surface area contributed by atoms with Gasteiger partial charge in [-0.1, -0.05) is 30.3 Å². The normalized spacial score (nSPS) is 11.8. The van der Waals surface area contributed by atoms with Crippen LogP contribution in [0.4, 0.5) is 0 Å². The number of amides is 1. The van der Waals surface area contributed by atoms with Gasteiger partial charge in [0.2, 0.25) is 0 Å². The van der Waals surface area contributed by atoms with Gasteiger partial charge in [-0.15, -0.1) is 0 Å². The van der Waals surface area contributed by atoms with Crippen LogP contribution < -0.4 is 10.1 Å². The first-order valence-electron chi connectivity index (χ1n) is 7.27. The van der Waals surface area contributed by atoms with Crippen LogP contribution in [0.15, 0.2) is 48.5 Å². The first kappa shape index (κ1) is 16.0. The number of rotatable bonds is 6. The van der Waals surface area contributed by atoms with Crippen LogP contribution in [0.3, 0.4) is 0 Å². The zero-order valence-corrected chi connectivity index (χ0v) is 12.9. The predicted molar refractivity (Wildman–Crippen MR) is 86.1 cm³/mol. The molecule has 0 radical (unpaired) electrons. The molecule has 0 aliphatic rings. The van der Waals surface area contributed by atoms with Gasteiger partial charge < -0.3 is 15.2 Å². The van der Waals surface area contributed by atoms with Crippen LogP contribution in [0.1, 0.15) is 34.0 Å². The highest BCUT2D eigenvalue weighted by Gasteiger charge is 2.11. The molecule has 0 heterocycles. The van der Waals surface area contributed by atoms with Crippen molar-refractivity contribution in [3.05, 3.63) is 65.2 Å². The first-order chi connectivity index (χ1) is 10.6. The zero-order valence-electron chi connectivity index (χ0n) is 12.9. The summed E-state index contributed by atoms with van der Waals surface area (Å²) in [5.41, 5.74) is 2.34. The van der Waals surface area contributed by atoms with Crippen molar-refractivity contribution >= 4 is 5.91 Å². The van der Waals surface area contributed by atoms with Crippen LogP contribution in [0.25, 0.3) is 0 Å². The summed E-state index contributed by atoms with van der Waals surface area (Å²) in [5, 5.41) is 12.9. The molecule has 2 aromatic rings. The second-order valence-electron chi connectivity index (χ2n) is 5.15. The van der Waals surface area contributed by atoms with Crippen molar-refractivity contribution in [1.29, 1.82) is 0 Å². The number of aliphatic hydroxyl groups excluding tert-OH is 1. The Morgan fingerprint density at radius 3 is 2.59 bits per heavy atom. The Morgan fingerprint density at radius 1 is 1.23 bits per heavy atom. The quantitative estimate of drug-likeness (QED) is 0.862. The average molecular weight is 299 g/mol. The van der Waals surface area contributed by atoms with Crippen molar-refractivity contribution < 1.29 is 14.6 Å². The number of carbonyl (C=O) groups is 1. The fourth-order valence-electron chi connectivity index (χ4n) is 2.28. The Hall–Kier alpha value is -2.33. The highest BCUT2D eigenvalue weighted by Crippen LogP contribution is 2.17. The minimum Gasteiger partial charge on any atom is -0.497 e. The lowest BCUT2D eigenvalue weighted by Crippen LogP contribution is -2.26. The molecule has 0 spiro atoms. The van der Waals surface area contributed by atoms with Gasteiger partial charge >= 0.3 is 0 Å². The van der Waals surface area contributed by atoms with Crippen molar-refractivity contribution in [2.45, 2.75) is 19.4 Å². The second-order valence-corrected chi connectivity index (χ2v) is 5.15.